The number of nitrogens with zero attached hydrogens (tertiary/aromatic N) is 1. The fourth-order valence-electron chi connectivity index (χ4n) is 1.31. The molecule has 1 aromatic carbocycles. The fraction of sp³-hybridized carbons (Fsp3) is 0.250. The number of ketones is 1. The smallest absolute Gasteiger partial charge is 0.323 e. The molecule has 1 rings (SSSR count). The van der Waals surface area contributed by atoms with Gasteiger partial charge < -0.3 is 4.74 Å². The van der Waals surface area contributed by atoms with Crippen LogP contribution in [0, 0.1) is 23.1 Å². The second-order valence-corrected chi connectivity index (χ2v) is 3.31. The highest BCUT2D eigenvalue weighted by molar-refractivity contribution is 5.98. The number of methoxy groups -OCH3 is 1. The van der Waals surface area contributed by atoms with Crippen molar-refractivity contribution >= 4 is 11.8 Å². The van der Waals surface area contributed by atoms with Gasteiger partial charge in [-0.1, -0.05) is 12.1 Å². The summed E-state index contributed by atoms with van der Waals surface area (Å²) < 4.78 is 17.6. The fourth-order valence-corrected chi connectivity index (χ4v) is 1.31. The maximum atomic E-state index is 13.3. The molecular weight excluding hydrogens is 225 g/mol. The Bertz CT molecular complexity index is 479. The van der Waals surface area contributed by atoms with Crippen molar-refractivity contribution in [1.82, 2.24) is 0 Å². The molecule has 0 radical (unpaired) electrons. The third-order valence-electron chi connectivity index (χ3n) is 2.21. The Labute approximate surface area is 97.6 Å². The molecule has 0 aliphatic rings. The summed E-state index contributed by atoms with van der Waals surface area (Å²) in [5.74, 6) is -3.26. The SMILES string of the molecule is COC(=O)C(C#N)CC(=O)c1ccccc1F. The first-order valence-corrected chi connectivity index (χ1v) is 4.85. The second kappa shape index (κ2) is 5.75. The molecule has 88 valence electrons. The van der Waals surface area contributed by atoms with Crippen LogP contribution >= 0.6 is 0 Å². The van der Waals surface area contributed by atoms with Gasteiger partial charge in [0.1, 0.15) is 5.82 Å². The second-order valence-electron chi connectivity index (χ2n) is 3.31. The Kier molecular flexibility index (Phi) is 4.35. The van der Waals surface area contributed by atoms with Gasteiger partial charge in [-0.05, 0) is 12.1 Å². The number of halogens is 1. The van der Waals surface area contributed by atoms with E-state index >= 15 is 0 Å². The standard InChI is InChI=1S/C12H10FNO3/c1-17-12(16)8(7-14)6-11(15)9-4-2-3-5-10(9)13/h2-5,8H,6H2,1H3. The first kappa shape index (κ1) is 12.8. The minimum atomic E-state index is -1.20. The molecule has 17 heavy (non-hydrogen) atoms. The Balaban J connectivity index is 2.83. The van der Waals surface area contributed by atoms with Crippen molar-refractivity contribution in [1.29, 1.82) is 5.26 Å². The quantitative estimate of drug-likeness (QED) is 0.588. The van der Waals surface area contributed by atoms with E-state index in [0.29, 0.717) is 0 Å². The van der Waals surface area contributed by atoms with Crippen LogP contribution in [-0.4, -0.2) is 18.9 Å². The molecule has 0 aliphatic carbocycles. The monoisotopic (exact) mass is 235 g/mol. The van der Waals surface area contributed by atoms with Gasteiger partial charge in [0.05, 0.1) is 18.7 Å². The average Bonchev–Trinajstić information content (AvgIpc) is 2.35. The van der Waals surface area contributed by atoms with Gasteiger partial charge in [0, 0.05) is 6.42 Å². The summed E-state index contributed by atoms with van der Waals surface area (Å²) in [5.41, 5.74) is -0.128. The van der Waals surface area contributed by atoms with Gasteiger partial charge in [0.25, 0.3) is 0 Å². The molecule has 0 amide bonds. The van der Waals surface area contributed by atoms with E-state index in [2.05, 4.69) is 4.74 Å². The largest absolute Gasteiger partial charge is 0.468 e. The molecular formula is C12H10FNO3. The van der Waals surface area contributed by atoms with Crippen LogP contribution in [0.4, 0.5) is 4.39 Å². The Hall–Kier alpha value is -2.22. The Morgan fingerprint density at radius 2 is 2.12 bits per heavy atom. The van der Waals surface area contributed by atoms with Crippen molar-refractivity contribution in [2.45, 2.75) is 6.42 Å². The highest BCUT2D eigenvalue weighted by atomic mass is 19.1. The van der Waals surface area contributed by atoms with Crippen LogP contribution in [0.2, 0.25) is 0 Å². The summed E-state index contributed by atoms with van der Waals surface area (Å²) in [6.45, 7) is 0. The van der Waals surface area contributed by atoms with Gasteiger partial charge in [0.15, 0.2) is 11.7 Å². The number of hydrogen-bond acceptors (Lipinski definition) is 4. The van der Waals surface area contributed by atoms with Gasteiger partial charge in [0.2, 0.25) is 0 Å². The van der Waals surface area contributed by atoms with Crippen molar-refractivity contribution in [2.75, 3.05) is 7.11 Å². The molecule has 0 saturated heterocycles. The predicted molar refractivity (Wildman–Crippen MR) is 56.5 cm³/mol. The summed E-state index contributed by atoms with van der Waals surface area (Å²) in [7, 11) is 1.13. The van der Waals surface area contributed by atoms with Crippen molar-refractivity contribution < 1.29 is 18.7 Å². The van der Waals surface area contributed by atoms with Crippen LogP contribution in [-0.2, 0) is 9.53 Å². The normalized spacial score (nSPS) is 11.4. The third-order valence-corrected chi connectivity index (χ3v) is 2.21. The van der Waals surface area contributed by atoms with Gasteiger partial charge >= 0.3 is 5.97 Å². The zero-order valence-corrected chi connectivity index (χ0v) is 9.14. The predicted octanol–water partition coefficient (Wildman–Crippen LogP) is 1.71. The lowest BCUT2D eigenvalue weighted by Crippen LogP contribution is -2.18. The first-order valence-electron chi connectivity index (χ1n) is 4.85. The van der Waals surface area contributed by atoms with Crippen LogP contribution in [0.3, 0.4) is 0 Å². The third kappa shape index (κ3) is 3.11. The summed E-state index contributed by atoms with van der Waals surface area (Å²) in [4.78, 5) is 22.8. The summed E-state index contributed by atoms with van der Waals surface area (Å²) >= 11 is 0. The summed E-state index contributed by atoms with van der Waals surface area (Å²) in [6, 6.07) is 7.07. The van der Waals surface area contributed by atoms with Crippen LogP contribution in [0.5, 0.6) is 0 Å². The summed E-state index contributed by atoms with van der Waals surface area (Å²) in [6.07, 6.45) is -0.385. The number of carbonyl (C=O) groups excluding carboxylic acids is 2. The van der Waals surface area contributed by atoms with Gasteiger partial charge in [-0.25, -0.2) is 4.39 Å². The first-order chi connectivity index (χ1) is 8.10. The lowest BCUT2D eigenvalue weighted by molar-refractivity contribution is -0.143. The zero-order chi connectivity index (χ0) is 12.8. The number of carbonyl (C=O) groups is 2. The molecule has 5 heteroatoms. The number of nitriles is 1. The molecule has 0 N–H and O–H groups in total. The van der Waals surface area contributed by atoms with Gasteiger partial charge in [-0.2, -0.15) is 5.26 Å². The summed E-state index contributed by atoms with van der Waals surface area (Å²) in [5, 5.41) is 8.70. The molecule has 1 aromatic rings. The lowest BCUT2D eigenvalue weighted by Gasteiger charge is -2.06. The van der Waals surface area contributed by atoms with Crippen LogP contribution < -0.4 is 0 Å². The van der Waals surface area contributed by atoms with Crippen molar-refractivity contribution in [3.63, 3.8) is 0 Å². The molecule has 0 spiro atoms. The number of hydrogen-bond donors (Lipinski definition) is 0. The van der Waals surface area contributed by atoms with E-state index < -0.39 is 23.5 Å². The van der Waals surface area contributed by atoms with Crippen molar-refractivity contribution in [3.8, 4) is 6.07 Å². The van der Waals surface area contributed by atoms with Crippen molar-refractivity contribution in [3.05, 3.63) is 35.6 Å². The number of Topliss-reactive ketones (excluding diaryl/α,β-unsaturated/α-hetero) is 1. The highest BCUT2D eigenvalue weighted by Crippen LogP contribution is 2.14. The molecule has 0 aromatic heterocycles. The van der Waals surface area contributed by atoms with E-state index in [1.54, 1.807) is 6.07 Å². The molecule has 0 fully saturated rings. The molecule has 1 atom stereocenters. The molecule has 4 nitrogen and oxygen atoms in total. The van der Waals surface area contributed by atoms with Crippen molar-refractivity contribution in [2.24, 2.45) is 5.92 Å². The molecule has 0 heterocycles. The highest BCUT2D eigenvalue weighted by Gasteiger charge is 2.24. The maximum Gasteiger partial charge on any atom is 0.323 e. The topological polar surface area (TPSA) is 67.2 Å². The number of ether oxygens (including phenoxy) is 1. The minimum absolute atomic E-state index is 0.128. The van der Waals surface area contributed by atoms with E-state index in [1.807, 2.05) is 0 Å². The van der Waals surface area contributed by atoms with Crippen LogP contribution in [0.15, 0.2) is 24.3 Å². The minimum Gasteiger partial charge on any atom is -0.468 e. The van der Waals surface area contributed by atoms with E-state index in [0.717, 1.165) is 13.2 Å². The van der Waals surface area contributed by atoms with E-state index in [4.69, 9.17) is 5.26 Å². The maximum absolute atomic E-state index is 13.3. The molecule has 1 unspecified atom stereocenters. The molecule has 0 bridgehead atoms. The Morgan fingerprint density at radius 1 is 1.47 bits per heavy atom. The Morgan fingerprint density at radius 3 is 2.65 bits per heavy atom. The van der Waals surface area contributed by atoms with Crippen LogP contribution in [0.25, 0.3) is 0 Å². The van der Waals surface area contributed by atoms with E-state index in [1.165, 1.54) is 18.2 Å². The molecule has 0 saturated carbocycles. The van der Waals surface area contributed by atoms with Crippen LogP contribution in [0.1, 0.15) is 16.8 Å². The number of esters is 1. The van der Waals surface area contributed by atoms with E-state index in [9.17, 15) is 14.0 Å². The lowest BCUT2D eigenvalue weighted by atomic mass is 9.99. The number of benzene rings is 1. The van der Waals surface area contributed by atoms with E-state index in [-0.39, 0.29) is 12.0 Å². The van der Waals surface area contributed by atoms with Gasteiger partial charge in [-0.15, -0.1) is 0 Å². The van der Waals surface area contributed by atoms with Gasteiger partial charge in [-0.3, -0.25) is 9.59 Å². The zero-order valence-electron chi connectivity index (χ0n) is 9.14. The molecule has 0 aliphatic heterocycles. The number of rotatable bonds is 4. The average molecular weight is 235 g/mol.